The summed E-state index contributed by atoms with van der Waals surface area (Å²) in [5.74, 6) is -0.732. The highest BCUT2D eigenvalue weighted by Gasteiger charge is 2.46. The average molecular weight is 445 g/mol. The van der Waals surface area contributed by atoms with Gasteiger partial charge >= 0.3 is 0 Å². The van der Waals surface area contributed by atoms with Crippen molar-refractivity contribution in [2.45, 2.75) is 76.4 Å². The van der Waals surface area contributed by atoms with Crippen molar-refractivity contribution < 1.29 is 14.4 Å². The molecule has 1 aromatic heterocycles. The van der Waals surface area contributed by atoms with E-state index in [1.165, 1.54) is 34.9 Å². The molecule has 1 aliphatic carbocycles. The van der Waals surface area contributed by atoms with Crippen LogP contribution < -0.4 is 10.6 Å². The monoisotopic (exact) mass is 444 g/mol. The Kier molecular flexibility index (Phi) is 6.83. The molecule has 2 aliphatic heterocycles. The summed E-state index contributed by atoms with van der Waals surface area (Å²) in [7, 11) is 1.65. The summed E-state index contributed by atoms with van der Waals surface area (Å²) < 4.78 is 1.52. The number of aromatic nitrogens is 2. The lowest BCUT2D eigenvalue weighted by atomic mass is 9.92. The standard InChI is InChI=1S/C23H36N6O3/c1-23(22(32)25-17-9-4-3-5-10-17)16-29-19(21(31)27(23)2)15-18(26-29)20(30)24-11-8-14-28-12-6-7-13-28/h15,17H,3-14,16H2,1-2H3,(H,24,30)(H,25,32)/t23-/m0/s1. The van der Waals surface area contributed by atoms with E-state index < -0.39 is 5.54 Å². The van der Waals surface area contributed by atoms with Crippen molar-refractivity contribution in [2.75, 3.05) is 33.2 Å². The number of carbonyl (C=O) groups excluding carboxylic acids is 3. The minimum atomic E-state index is -1.04. The summed E-state index contributed by atoms with van der Waals surface area (Å²) in [4.78, 5) is 42.7. The van der Waals surface area contributed by atoms with E-state index in [2.05, 4.69) is 20.6 Å². The van der Waals surface area contributed by atoms with Crippen molar-refractivity contribution in [1.29, 1.82) is 0 Å². The number of amides is 3. The molecule has 0 aromatic carbocycles. The highest BCUT2D eigenvalue weighted by molar-refractivity contribution is 6.01. The lowest BCUT2D eigenvalue weighted by Gasteiger charge is -2.41. The Morgan fingerprint density at radius 2 is 1.88 bits per heavy atom. The molecule has 2 fully saturated rings. The molecule has 3 heterocycles. The minimum Gasteiger partial charge on any atom is -0.351 e. The van der Waals surface area contributed by atoms with E-state index in [1.807, 2.05) is 0 Å². The summed E-state index contributed by atoms with van der Waals surface area (Å²) in [6.07, 6.45) is 8.82. The number of likely N-dealkylation sites (tertiary alicyclic amines) is 1. The number of hydrogen-bond acceptors (Lipinski definition) is 5. The van der Waals surface area contributed by atoms with Crippen LogP contribution in [0.1, 0.15) is 79.3 Å². The lowest BCUT2D eigenvalue weighted by Crippen LogP contribution is -2.63. The SMILES string of the molecule is CN1C(=O)c2cc(C(=O)NCCCN3CCCC3)nn2C[C@@]1(C)C(=O)NC1CCCCC1. The van der Waals surface area contributed by atoms with Gasteiger partial charge in [-0.05, 0) is 58.7 Å². The van der Waals surface area contributed by atoms with Crippen molar-refractivity contribution in [3.05, 3.63) is 17.5 Å². The normalized spacial score (nSPS) is 24.4. The first-order valence-electron chi connectivity index (χ1n) is 12.1. The maximum atomic E-state index is 13.1. The first kappa shape index (κ1) is 22.8. The van der Waals surface area contributed by atoms with Crippen molar-refractivity contribution >= 4 is 17.7 Å². The third-order valence-corrected chi connectivity index (χ3v) is 7.30. The molecule has 1 saturated heterocycles. The van der Waals surface area contributed by atoms with Crippen LogP contribution in [0.25, 0.3) is 0 Å². The predicted octanol–water partition coefficient (Wildman–Crippen LogP) is 1.39. The van der Waals surface area contributed by atoms with Crippen LogP contribution >= 0.6 is 0 Å². The van der Waals surface area contributed by atoms with E-state index >= 15 is 0 Å². The van der Waals surface area contributed by atoms with E-state index in [0.717, 1.165) is 51.7 Å². The third kappa shape index (κ3) is 4.67. The van der Waals surface area contributed by atoms with E-state index in [0.29, 0.717) is 12.2 Å². The van der Waals surface area contributed by atoms with Crippen LogP contribution in [0.2, 0.25) is 0 Å². The molecular weight excluding hydrogens is 408 g/mol. The summed E-state index contributed by atoms with van der Waals surface area (Å²) in [6, 6.07) is 1.70. The molecule has 32 heavy (non-hydrogen) atoms. The molecule has 9 nitrogen and oxygen atoms in total. The fraction of sp³-hybridized carbons (Fsp3) is 0.739. The smallest absolute Gasteiger partial charge is 0.272 e. The van der Waals surface area contributed by atoms with Crippen LogP contribution in [-0.2, 0) is 11.3 Å². The Balaban J connectivity index is 1.38. The van der Waals surface area contributed by atoms with Gasteiger partial charge in [-0.25, -0.2) is 0 Å². The van der Waals surface area contributed by atoms with Gasteiger partial charge in [0.05, 0.1) is 6.54 Å². The third-order valence-electron chi connectivity index (χ3n) is 7.30. The molecule has 176 valence electrons. The maximum Gasteiger partial charge on any atom is 0.272 e. The van der Waals surface area contributed by atoms with Crippen molar-refractivity contribution in [3.63, 3.8) is 0 Å². The van der Waals surface area contributed by atoms with Crippen LogP contribution in [0.3, 0.4) is 0 Å². The van der Waals surface area contributed by atoms with Gasteiger partial charge in [0.15, 0.2) is 5.69 Å². The quantitative estimate of drug-likeness (QED) is 0.619. The molecule has 1 saturated carbocycles. The molecule has 2 N–H and O–H groups in total. The predicted molar refractivity (Wildman–Crippen MR) is 120 cm³/mol. The highest BCUT2D eigenvalue weighted by atomic mass is 16.2. The molecule has 0 unspecified atom stereocenters. The Labute approximate surface area is 189 Å². The fourth-order valence-electron chi connectivity index (χ4n) is 5.03. The zero-order chi connectivity index (χ0) is 22.7. The number of rotatable bonds is 7. The Morgan fingerprint density at radius 3 is 2.59 bits per heavy atom. The second kappa shape index (κ2) is 9.60. The molecule has 3 aliphatic rings. The zero-order valence-corrected chi connectivity index (χ0v) is 19.4. The summed E-state index contributed by atoms with van der Waals surface area (Å²) >= 11 is 0. The Bertz CT molecular complexity index is 856. The number of nitrogens with zero attached hydrogens (tertiary/aromatic N) is 4. The summed E-state index contributed by atoms with van der Waals surface area (Å²) in [6.45, 7) is 5.84. The molecule has 9 heteroatoms. The first-order chi connectivity index (χ1) is 15.4. The molecule has 1 aromatic rings. The van der Waals surface area contributed by atoms with Crippen LogP contribution in [0.4, 0.5) is 0 Å². The van der Waals surface area contributed by atoms with Crippen LogP contribution in [0, 0.1) is 0 Å². The van der Waals surface area contributed by atoms with Crippen molar-refractivity contribution in [1.82, 2.24) is 30.2 Å². The van der Waals surface area contributed by atoms with Crippen molar-refractivity contribution in [3.8, 4) is 0 Å². The van der Waals surface area contributed by atoms with Gasteiger partial charge in [0, 0.05) is 25.7 Å². The van der Waals surface area contributed by atoms with E-state index in [1.54, 1.807) is 14.0 Å². The highest BCUT2D eigenvalue weighted by Crippen LogP contribution is 2.27. The molecule has 3 amide bonds. The lowest BCUT2D eigenvalue weighted by molar-refractivity contribution is -0.133. The summed E-state index contributed by atoms with van der Waals surface area (Å²) in [5.41, 5.74) is -0.477. The Morgan fingerprint density at radius 1 is 1.16 bits per heavy atom. The van der Waals surface area contributed by atoms with Gasteiger partial charge in [-0.2, -0.15) is 5.10 Å². The maximum absolute atomic E-state index is 13.1. The first-order valence-corrected chi connectivity index (χ1v) is 12.1. The van der Waals surface area contributed by atoms with Crippen molar-refractivity contribution in [2.24, 2.45) is 0 Å². The summed E-state index contributed by atoms with van der Waals surface area (Å²) in [5, 5.41) is 10.4. The molecule has 0 bridgehead atoms. The molecule has 0 radical (unpaired) electrons. The van der Waals surface area contributed by atoms with E-state index in [9.17, 15) is 14.4 Å². The van der Waals surface area contributed by atoms with Gasteiger partial charge in [-0.1, -0.05) is 19.3 Å². The van der Waals surface area contributed by atoms with Gasteiger partial charge in [-0.15, -0.1) is 0 Å². The van der Waals surface area contributed by atoms with Gasteiger partial charge in [0.1, 0.15) is 11.2 Å². The Hall–Kier alpha value is -2.42. The zero-order valence-electron chi connectivity index (χ0n) is 19.4. The van der Waals surface area contributed by atoms with Gasteiger partial charge < -0.3 is 20.4 Å². The van der Waals surface area contributed by atoms with E-state index in [4.69, 9.17) is 0 Å². The largest absolute Gasteiger partial charge is 0.351 e. The molecule has 1 atom stereocenters. The number of hydrogen-bond donors (Lipinski definition) is 2. The van der Waals surface area contributed by atoms with Crippen LogP contribution in [0.15, 0.2) is 6.07 Å². The minimum absolute atomic E-state index is 0.158. The number of nitrogens with one attached hydrogen (secondary N) is 2. The second-order valence-corrected chi connectivity index (χ2v) is 9.68. The van der Waals surface area contributed by atoms with Gasteiger partial charge in [-0.3, -0.25) is 19.1 Å². The topological polar surface area (TPSA) is 99.6 Å². The van der Waals surface area contributed by atoms with Crippen LogP contribution in [-0.4, -0.2) is 82.1 Å². The van der Waals surface area contributed by atoms with Gasteiger partial charge in [0.2, 0.25) is 5.91 Å². The second-order valence-electron chi connectivity index (χ2n) is 9.68. The van der Waals surface area contributed by atoms with Gasteiger partial charge in [0.25, 0.3) is 11.8 Å². The van der Waals surface area contributed by atoms with E-state index in [-0.39, 0.29) is 36.0 Å². The number of fused-ring (bicyclic) bond motifs is 1. The van der Waals surface area contributed by atoms with Crippen LogP contribution in [0.5, 0.6) is 0 Å². The fourth-order valence-corrected chi connectivity index (χ4v) is 5.03. The number of carbonyl (C=O) groups is 3. The molecular formula is C23H36N6O3. The number of likely N-dealkylation sites (N-methyl/N-ethyl adjacent to an activating group) is 1. The molecule has 4 rings (SSSR count). The average Bonchev–Trinajstić information content (AvgIpc) is 3.46. The molecule has 0 spiro atoms.